The minimum absolute atomic E-state index is 0.0313. The van der Waals surface area contributed by atoms with Crippen LogP contribution in [0.3, 0.4) is 0 Å². The first kappa shape index (κ1) is 11.4. The van der Waals surface area contributed by atoms with Gasteiger partial charge in [-0.25, -0.2) is 0 Å². The summed E-state index contributed by atoms with van der Waals surface area (Å²) in [4.78, 5) is 24.9. The van der Waals surface area contributed by atoms with E-state index in [1.54, 1.807) is 19.1 Å². The van der Waals surface area contributed by atoms with Gasteiger partial charge in [-0.3, -0.25) is 14.5 Å². The van der Waals surface area contributed by atoms with Crippen LogP contribution in [0.1, 0.15) is 6.92 Å². The van der Waals surface area contributed by atoms with Gasteiger partial charge in [-0.15, -0.1) is 0 Å². The fraction of sp³-hybridized carbons (Fsp3) is 0.333. The van der Waals surface area contributed by atoms with Crippen LogP contribution in [0.5, 0.6) is 5.75 Å². The van der Waals surface area contributed by atoms with E-state index in [-0.39, 0.29) is 18.4 Å². The SMILES string of the molecule is COc1ccccc1N1CC(=O)NC(C)C1=O. The number of piperazine rings is 1. The fourth-order valence-corrected chi connectivity index (χ4v) is 1.86. The van der Waals surface area contributed by atoms with E-state index in [1.165, 1.54) is 12.0 Å². The minimum atomic E-state index is -0.499. The number of methoxy groups -OCH3 is 1. The zero-order valence-electron chi connectivity index (χ0n) is 9.77. The molecule has 1 aromatic rings. The molecule has 1 N–H and O–H groups in total. The number of para-hydroxylation sites is 2. The highest BCUT2D eigenvalue weighted by molar-refractivity contribution is 6.07. The lowest BCUT2D eigenvalue weighted by Gasteiger charge is -2.31. The molecule has 0 aromatic heterocycles. The van der Waals surface area contributed by atoms with Crippen molar-refractivity contribution in [2.45, 2.75) is 13.0 Å². The van der Waals surface area contributed by atoms with Crippen LogP contribution in [0.25, 0.3) is 0 Å². The van der Waals surface area contributed by atoms with Gasteiger partial charge in [-0.2, -0.15) is 0 Å². The molecule has 0 spiro atoms. The summed E-state index contributed by atoms with van der Waals surface area (Å²) in [6, 6.07) is 6.66. The Morgan fingerprint density at radius 1 is 1.35 bits per heavy atom. The Labute approximate surface area is 99.4 Å². The zero-order chi connectivity index (χ0) is 12.4. The van der Waals surface area contributed by atoms with E-state index in [0.717, 1.165) is 0 Å². The largest absolute Gasteiger partial charge is 0.495 e. The molecular weight excluding hydrogens is 220 g/mol. The summed E-state index contributed by atoms with van der Waals surface area (Å²) in [7, 11) is 1.54. The van der Waals surface area contributed by atoms with Crippen molar-refractivity contribution in [1.29, 1.82) is 0 Å². The number of anilines is 1. The van der Waals surface area contributed by atoms with Crippen LogP contribution >= 0.6 is 0 Å². The van der Waals surface area contributed by atoms with Crippen LogP contribution in [0.15, 0.2) is 24.3 Å². The van der Waals surface area contributed by atoms with Crippen molar-refractivity contribution in [3.8, 4) is 5.75 Å². The minimum Gasteiger partial charge on any atom is -0.495 e. The number of amides is 2. The number of rotatable bonds is 2. The van der Waals surface area contributed by atoms with Gasteiger partial charge in [0.15, 0.2) is 0 Å². The molecule has 0 bridgehead atoms. The number of hydrogen-bond donors (Lipinski definition) is 1. The predicted octanol–water partition coefficient (Wildman–Crippen LogP) is 0.546. The molecule has 0 saturated carbocycles. The molecule has 90 valence electrons. The highest BCUT2D eigenvalue weighted by Gasteiger charge is 2.31. The molecule has 17 heavy (non-hydrogen) atoms. The molecule has 1 aliphatic rings. The van der Waals surface area contributed by atoms with Gasteiger partial charge in [-0.05, 0) is 19.1 Å². The molecule has 5 nitrogen and oxygen atoms in total. The lowest BCUT2D eigenvalue weighted by atomic mass is 10.1. The Morgan fingerprint density at radius 3 is 2.76 bits per heavy atom. The molecule has 2 rings (SSSR count). The summed E-state index contributed by atoms with van der Waals surface area (Å²) in [6.45, 7) is 1.70. The number of ether oxygens (including phenoxy) is 1. The van der Waals surface area contributed by atoms with Crippen molar-refractivity contribution >= 4 is 17.5 Å². The lowest BCUT2D eigenvalue weighted by molar-refractivity contribution is -0.130. The van der Waals surface area contributed by atoms with Crippen molar-refractivity contribution in [3.63, 3.8) is 0 Å². The Balaban J connectivity index is 2.37. The van der Waals surface area contributed by atoms with Crippen LogP contribution in [0.2, 0.25) is 0 Å². The van der Waals surface area contributed by atoms with E-state index in [9.17, 15) is 9.59 Å². The molecule has 1 atom stereocenters. The second kappa shape index (κ2) is 4.45. The van der Waals surface area contributed by atoms with Crippen LogP contribution in [-0.2, 0) is 9.59 Å². The Morgan fingerprint density at radius 2 is 2.06 bits per heavy atom. The number of nitrogens with one attached hydrogen (secondary N) is 1. The summed E-state index contributed by atoms with van der Waals surface area (Å²) in [6.07, 6.45) is 0. The number of hydrogen-bond acceptors (Lipinski definition) is 3. The van der Waals surface area contributed by atoms with Gasteiger partial charge in [0.2, 0.25) is 11.8 Å². The highest BCUT2D eigenvalue weighted by Crippen LogP contribution is 2.28. The summed E-state index contributed by atoms with van der Waals surface area (Å²) < 4.78 is 5.19. The number of carbonyl (C=O) groups is 2. The molecule has 1 aliphatic heterocycles. The monoisotopic (exact) mass is 234 g/mol. The summed E-state index contributed by atoms with van der Waals surface area (Å²) >= 11 is 0. The number of nitrogens with zero attached hydrogens (tertiary/aromatic N) is 1. The second-order valence-electron chi connectivity index (χ2n) is 3.89. The van der Waals surface area contributed by atoms with E-state index in [0.29, 0.717) is 11.4 Å². The quantitative estimate of drug-likeness (QED) is 0.812. The molecule has 1 fully saturated rings. The molecule has 5 heteroatoms. The molecule has 0 radical (unpaired) electrons. The van der Waals surface area contributed by atoms with Gasteiger partial charge in [0, 0.05) is 0 Å². The molecular formula is C12H14N2O3. The predicted molar refractivity (Wildman–Crippen MR) is 63.0 cm³/mol. The third kappa shape index (κ3) is 2.08. The summed E-state index contributed by atoms with van der Waals surface area (Å²) in [5.74, 6) is 0.292. The molecule has 1 unspecified atom stereocenters. The van der Waals surface area contributed by atoms with Crippen LogP contribution in [0, 0.1) is 0 Å². The summed E-state index contributed by atoms with van der Waals surface area (Å²) in [5, 5.41) is 2.60. The van der Waals surface area contributed by atoms with E-state index >= 15 is 0 Å². The third-order valence-electron chi connectivity index (χ3n) is 2.69. The molecule has 2 amide bonds. The topological polar surface area (TPSA) is 58.6 Å². The van der Waals surface area contributed by atoms with E-state index in [4.69, 9.17) is 4.74 Å². The van der Waals surface area contributed by atoms with Crippen molar-refractivity contribution in [2.75, 3.05) is 18.6 Å². The van der Waals surface area contributed by atoms with E-state index in [2.05, 4.69) is 5.32 Å². The maximum Gasteiger partial charge on any atom is 0.249 e. The van der Waals surface area contributed by atoms with E-state index in [1.807, 2.05) is 12.1 Å². The lowest BCUT2D eigenvalue weighted by Crippen LogP contribution is -2.57. The summed E-state index contributed by atoms with van der Waals surface area (Å²) in [5.41, 5.74) is 0.627. The number of carbonyl (C=O) groups excluding carboxylic acids is 2. The molecule has 1 heterocycles. The van der Waals surface area contributed by atoms with Crippen LogP contribution in [-0.4, -0.2) is 31.5 Å². The van der Waals surface area contributed by atoms with Crippen LogP contribution in [0.4, 0.5) is 5.69 Å². The average molecular weight is 234 g/mol. The smallest absolute Gasteiger partial charge is 0.249 e. The van der Waals surface area contributed by atoms with Gasteiger partial charge >= 0.3 is 0 Å². The maximum atomic E-state index is 12.0. The van der Waals surface area contributed by atoms with Crippen LogP contribution < -0.4 is 15.0 Å². The average Bonchev–Trinajstić information content (AvgIpc) is 2.33. The normalized spacial score (nSPS) is 20.1. The van der Waals surface area contributed by atoms with Gasteiger partial charge in [0.1, 0.15) is 18.3 Å². The second-order valence-corrected chi connectivity index (χ2v) is 3.89. The third-order valence-corrected chi connectivity index (χ3v) is 2.69. The van der Waals surface area contributed by atoms with Crippen molar-refractivity contribution in [2.24, 2.45) is 0 Å². The van der Waals surface area contributed by atoms with E-state index < -0.39 is 6.04 Å². The molecule has 1 saturated heterocycles. The standard InChI is InChI=1S/C12H14N2O3/c1-8-12(16)14(7-11(15)13-8)9-5-3-4-6-10(9)17-2/h3-6,8H,7H2,1-2H3,(H,13,15). The first-order valence-electron chi connectivity index (χ1n) is 5.37. The van der Waals surface area contributed by atoms with Gasteiger partial charge in [-0.1, -0.05) is 12.1 Å². The Kier molecular flexibility index (Phi) is 2.99. The highest BCUT2D eigenvalue weighted by atomic mass is 16.5. The molecule has 0 aliphatic carbocycles. The Bertz CT molecular complexity index is 459. The van der Waals surface area contributed by atoms with Gasteiger partial charge in [0.25, 0.3) is 0 Å². The maximum absolute atomic E-state index is 12.0. The van der Waals surface area contributed by atoms with Gasteiger partial charge < -0.3 is 10.1 Å². The number of benzene rings is 1. The van der Waals surface area contributed by atoms with Gasteiger partial charge in [0.05, 0.1) is 12.8 Å². The first-order valence-corrected chi connectivity index (χ1v) is 5.37. The zero-order valence-corrected chi connectivity index (χ0v) is 9.77. The Hall–Kier alpha value is -2.04. The van der Waals surface area contributed by atoms with Crippen molar-refractivity contribution < 1.29 is 14.3 Å². The van der Waals surface area contributed by atoms with Crippen molar-refractivity contribution in [3.05, 3.63) is 24.3 Å². The van der Waals surface area contributed by atoms with Crippen molar-refractivity contribution in [1.82, 2.24) is 5.32 Å². The fourth-order valence-electron chi connectivity index (χ4n) is 1.86. The molecule has 1 aromatic carbocycles. The first-order chi connectivity index (χ1) is 8.13.